The molecule has 1 saturated carbocycles. The summed E-state index contributed by atoms with van der Waals surface area (Å²) in [6.45, 7) is 6.53. The molecule has 5 nitrogen and oxygen atoms in total. The van der Waals surface area contributed by atoms with Crippen molar-refractivity contribution in [1.82, 2.24) is 0 Å². The lowest BCUT2D eigenvalue weighted by Gasteiger charge is -2.21. The molecule has 1 N–H and O–H groups in total. The highest BCUT2D eigenvalue weighted by atomic mass is 16.8. The summed E-state index contributed by atoms with van der Waals surface area (Å²) in [6.07, 6.45) is 8.30. The van der Waals surface area contributed by atoms with E-state index in [1.165, 1.54) is 0 Å². The Labute approximate surface area is 175 Å². The number of hydrogen-bond acceptors (Lipinski definition) is 5. The van der Waals surface area contributed by atoms with E-state index >= 15 is 0 Å². The molecule has 3 unspecified atom stereocenters. The molecule has 1 saturated heterocycles. The zero-order valence-corrected chi connectivity index (χ0v) is 18.2. The summed E-state index contributed by atoms with van der Waals surface area (Å²) in [6, 6.07) is 7.99. The molecular weight excluding hydrogens is 368 g/mol. The number of rotatable bonds is 9. The molecule has 0 amide bonds. The van der Waals surface area contributed by atoms with Crippen molar-refractivity contribution in [3.05, 3.63) is 42.0 Å². The monoisotopic (exact) mass is 404 g/mol. The molecule has 0 bridgehead atoms. The maximum Gasteiger partial charge on any atom is 0.163 e. The Balaban J connectivity index is 1.54. The van der Waals surface area contributed by atoms with Crippen molar-refractivity contribution in [3.63, 3.8) is 0 Å². The van der Waals surface area contributed by atoms with Crippen LogP contribution in [0.2, 0.25) is 0 Å². The van der Waals surface area contributed by atoms with Crippen molar-refractivity contribution in [3.8, 4) is 5.75 Å². The van der Waals surface area contributed by atoms with E-state index in [4.69, 9.17) is 18.9 Å². The molecule has 1 aliphatic carbocycles. The number of aliphatic hydroxyl groups is 1. The van der Waals surface area contributed by atoms with Crippen LogP contribution < -0.4 is 4.74 Å². The fraction of sp³-hybridized carbons (Fsp3) is 0.667. The Morgan fingerprint density at radius 2 is 1.97 bits per heavy atom. The molecule has 1 aromatic carbocycles. The summed E-state index contributed by atoms with van der Waals surface area (Å²) in [4.78, 5) is 0. The maximum atomic E-state index is 10.7. The van der Waals surface area contributed by atoms with Gasteiger partial charge >= 0.3 is 0 Å². The van der Waals surface area contributed by atoms with E-state index < -0.39 is 11.9 Å². The SMILES string of the molecule is CCCC1OC(C)(C)OC1C(O)/C=C\[C@H]1CCC[C@@H]1OCc1ccc(OC)cc1. The van der Waals surface area contributed by atoms with Gasteiger partial charge in [-0.05, 0) is 50.8 Å². The molecule has 2 fully saturated rings. The van der Waals surface area contributed by atoms with Crippen molar-refractivity contribution >= 4 is 0 Å². The first-order valence-corrected chi connectivity index (χ1v) is 10.9. The standard InChI is InChI=1S/C24H36O5/c1-5-7-22-23(29-24(2,3)28-22)20(25)15-12-18-8-6-9-21(18)27-16-17-10-13-19(26-4)14-11-17/h10-15,18,20-23,25H,5-9,16H2,1-4H3/b15-12-/t18-,20?,21+,22?,23?/m1/s1. The quantitative estimate of drug-likeness (QED) is 0.609. The Hall–Kier alpha value is -1.40. The van der Waals surface area contributed by atoms with E-state index in [9.17, 15) is 5.11 Å². The third-order valence-corrected chi connectivity index (χ3v) is 5.81. The predicted molar refractivity (Wildman–Crippen MR) is 113 cm³/mol. The van der Waals surface area contributed by atoms with Crippen LogP contribution in [0.4, 0.5) is 0 Å². The minimum Gasteiger partial charge on any atom is -0.497 e. The number of methoxy groups -OCH3 is 1. The van der Waals surface area contributed by atoms with Crippen molar-refractivity contribution in [2.24, 2.45) is 5.92 Å². The lowest BCUT2D eigenvalue weighted by Crippen LogP contribution is -2.34. The summed E-state index contributed by atoms with van der Waals surface area (Å²) >= 11 is 0. The van der Waals surface area contributed by atoms with E-state index in [2.05, 4.69) is 13.0 Å². The van der Waals surface area contributed by atoms with Crippen molar-refractivity contribution in [1.29, 1.82) is 0 Å². The zero-order valence-electron chi connectivity index (χ0n) is 18.2. The summed E-state index contributed by atoms with van der Waals surface area (Å²) in [5.41, 5.74) is 1.14. The minimum atomic E-state index is -0.670. The Morgan fingerprint density at radius 3 is 2.66 bits per heavy atom. The van der Waals surface area contributed by atoms with Crippen LogP contribution >= 0.6 is 0 Å². The third-order valence-electron chi connectivity index (χ3n) is 5.81. The molecule has 1 heterocycles. The van der Waals surface area contributed by atoms with Gasteiger partial charge in [0.05, 0.1) is 25.9 Å². The van der Waals surface area contributed by atoms with Gasteiger partial charge in [0, 0.05) is 5.92 Å². The fourth-order valence-electron chi connectivity index (χ4n) is 4.33. The van der Waals surface area contributed by atoms with Crippen LogP contribution in [-0.4, -0.2) is 42.4 Å². The van der Waals surface area contributed by atoms with Gasteiger partial charge in [-0.3, -0.25) is 0 Å². The zero-order chi connectivity index (χ0) is 20.9. The second-order valence-corrected chi connectivity index (χ2v) is 8.60. The fourth-order valence-corrected chi connectivity index (χ4v) is 4.33. The second-order valence-electron chi connectivity index (χ2n) is 8.60. The maximum absolute atomic E-state index is 10.7. The average molecular weight is 405 g/mol. The lowest BCUT2D eigenvalue weighted by atomic mass is 10.00. The number of aliphatic hydroxyl groups excluding tert-OH is 1. The molecule has 5 heteroatoms. The van der Waals surface area contributed by atoms with Crippen LogP contribution in [0.15, 0.2) is 36.4 Å². The van der Waals surface area contributed by atoms with E-state index in [1.54, 1.807) is 7.11 Å². The number of hydrogen-bond donors (Lipinski definition) is 1. The van der Waals surface area contributed by atoms with Crippen LogP contribution in [-0.2, 0) is 20.8 Å². The van der Waals surface area contributed by atoms with E-state index in [0.29, 0.717) is 12.5 Å². The van der Waals surface area contributed by atoms with Gasteiger partial charge in [-0.25, -0.2) is 0 Å². The van der Waals surface area contributed by atoms with Gasteiger partial charge in [0.1, 0.15) is 18.0 Å². The van der Waals surface area contributed by atoms with Gasteiger partial charge in [-0.2, -0.15) is 0 Å². The predicted octanol–water partition coefficient (Wildman–Crippen LogP) is 4.62. The molecule has 0 radical (unpaired) electrons. The number of ether oxygens (including phenoxy) is 4. The molecular formula is C24H36O5. The molecule has 2 aliphatic rings. The molecule has 1 aliphatic heterocycles. The Kier molecular flexibility index (Phi) is 7.74. The molecule has 29 heavy (non-hydrogen) atoms. The van der Waals surface area contributed by atoms with Gasteiger partial charge in [0.2, 0.25) is 0 Å². The Morgan fingerprint density at radius 1 is 1.21 bits per heavy atom. The van der Waals surface area contributed by atoms with Crippen LogP contribution in [0, 0.1) is 5.92 Å². The molecule has 0 aromatic heterocycles. The van der Waals surface area contributed by atoms with Crippen molar-refractivity contribution in [2.45, 2.75) is 89.7 Å². The van der Waals surface area contributed by atoms with Crippen LogP contribution in [0.5, 0.6) is 5.75 Å². The van der Waals surface area contributed by atoms with Gasteiger partial charge in [0.15, 0.2) is 5.79 Å². The van der Waals surface area contributed by atoms with E-state index in [1.807, 2.05) is 44.2 Å². The van der Waals surface area contributed by atoms with Crippen molar-refractivity contribution < 1.29 is 24.1 Å². The molecule has 3 rings (SSSR count). The van der Waals surface area contributed by atoms with E-state index in [0.717, 1.165) is 43.4 Å². The summed E-state index contributed by atoms with van der Waals surface area (Å²) in [5.74, 6) is 0.534. The Bertz CT molecular complexity index is 654. The van der Waals surface area contributed by atoms with Gasteiger partial charge < -0.3 is 24.1 Å². The highest BCUT2D eigenvalue weighted by Gasteiger charge is 2.43. The summed E-state index contributed by atoms with van der Waals surface area (Å²) < 4.78 is 23.3. The van der Waals surface area contributed by atoms with Crippen molar-refractivity contribution in [2.75, 3.05) is 7.11 Å². The molecule has 5 atom stereocenters. The lowest BCUT2D eigenvalue weighted by molar-refractivity contribution is -0.152. The molecule has 162 valence electrons. The average Bonchev–Trinajstić information content (AvgIpc) is 3.28. The third kappa shape index (κ3) is 6.05. The number of benzene rings is 1. The first kappa shape index (κ1) is 22.3. The largest absolute Gasteiger partial charge is 0.497 e. The minimum absolute atomic E-state index is 0.0691. The highest BCUT2D eigenvalue weighted by Crippen LogP contribution is 2.34. The van der Waals surface area contributed by atoms with Crippen LogP contribution in [0.3, 0.4) is 0 Å². The van der Waals surface area contributed by atoms with Gasteiger partial charge in [-0.1, -0.05) is 44.1 Å². The molecule has 0 spiro atoms. The van der Waals surface area contributed by atoms with Gasteiger partial charge in [0.25, 0.3) is 0 Å². The first-order chi connectivity index (χ1) is 13.9. The summed E-state index contributed by atoms with van der Waals surface area (Å²) in [5, 5.41) is 10.7. The van der Waals surface area contributed by atoms with E-state index in [-0.39, 0.29) is 18.3 Å². The smallest absolute Gasteiger partial charge is 0.163 e. The molecule has 1 aromatic rings. The van der Waals surface area contributed by atoms with Crippen LogP contribution in [0.1, 0.15) is 58.4 Å². The topological polar surface area (TPSA) is 57.2 Å². The normalized spacial score (nSPS) is 30.1. The first-order valence-electron chi connectivity index (χ1n) is 10.9. The van der Waals surface area contributed by atoms with Gasteiger partial charge in [-0.15, -0.1) is 0 Å². The highest BCUT2D eigenvalue weighted by molar-refractivity contribution is 5.26. The van der Waals surface area contributed by atoms with Crippen LogP contribution in [0.25, 0.3) is 0 Å². The second kappa shape index (κ2) is 10.1. The summed E-state index contributed by atoms with van der Waals surface area (Å²) in [7, 11) is 1.67.